The highest BCUT2D eigenvalue weighted by atomic mass is 32.1. The van der Waals surface area contributed by atoms with E-state index in [0.29, 0.717) is 0 Å². The quantitative estimate of drug-likeness (QED) is 0.907. The lowest BCUT2D eigenvalue weighted by atomic mass is 9.87. The van der Waals surface area contributed by atoms with Crippen molar-refractivity contribution in [3.05, 3.63) is 40.8 Å². The Kier molecular flexibility index (Phi) is 4.07. The molecule has 21 heavy (non-hydrogen) atoms. The second-order valence-corrected chi connectivity index (χ2v) is 6.42. The molecular weight excluding hydrogens is 284 g/mol. The van der Waals surface area contributed by atoms with Crippen LogP contribution < -0.4 is 10.6 Å². The molecule has 0 aromatic carbocycles. The van der Waals surface area contributed by atoms with E-state index >= 15 is 0 Å². The molecule has 5 nitrogen and oxygen atoms in total. The number of carbonyl (C=O) groups excluding carboxylic acids is 1. The minimum atomic E-state index is -0.569. The number of hydrogen-bond donors (Lipinski definition) is 2. The van der Waals surface area contributed by atoms with Gasteiger partial charge in [0.05, 0.1) is 6.04 Å². The molecule has 0 spiro atoms. The maximum Gasteiger partial charge on any atom is 0.248 e. The van der Waals surface area contributed by atoms with Crippen LogP contribution in [0.2, 0.25) is 0 Å². The van der Waals surface area contributed by atoms with E-state index < -0.39 is 5.54 Å². The van der Waals surface area contributed by atoms with Crippen LogP contribution in [-0.2, 0) is 10.3 Å². The third kappa shape index (κ3) is 2.73. The van der Waals surface area contributed by atoms with E-state index in [4.69, 9.17) is 0 Å². The predicted molar refractivity (Wildman–Crippen MR) is 83.2 cm³/mol. The maximum absolute atomic E-state index is 12.9. The number of piperidine rings is 1. The normalized spacial score (nSPS) is 19.1. The summed E-state index contributed by atoms with van der Waals surface area (Å²) in [6.45, 7) is 3.70. The number of carbonyl (C=O) groups is 1. The third-order valence-electron chi connectivity index (χ3n) is 4.11. The number of nitrogens with zero attached hydrogens (tertiary/aromatic N) is 2. The van der Waals surface area contributed by atoms with Crippen molar-refractivity contribution in [2.75, 3.05) is 13.1 Å². The first kappa shape index (κ1) is 14.3. The smallest absolute Gasteiger partial charge is 0.248 e. The summed E-state index contributed by atoms with van der Waals surface area (Å²) in [5.41, 5.74) is -0.569. The minimum Gasteiger partial charge on any atom is -0.347 e. The molecule has 1 unspecified atom stereocenters. The zero-order chi connectivity index (χ0) is 14.7. The summed E-state index contributed by atoms with van der Waals surface area (Å²) in [6, 6.07) is 5.97. The van der Waals surface area contributed by atoms with Crippen LogP contribution in [0.1, 0.15) is 30.7 Å². The van der Waals surface area contributed by atoms with E-state index in [0.717, 1.165) is 25.9 Å². The van der Waals surface area contributed by atoms with Gasteiger partial charge in [-0.3, -0.25) is 9.48 Å². The Labute approximate surface area is 128 Å². The van der Waals surface area contributed by atoms with Gasteiger partial charge in [-0.15, -0.1) is 11.3 Å². The number of thiophene rings is 1. The van der Waals surface area contributed by atoms with E-state index in [1.165, 1.54) is 4.88 Å². The molecule has 1 amide bonds. The van der Waals surface area contributed by atoms with Crippen LogP contribution in [0.5, 0.6) is 0 Å². The van der Waals surface area contributed by atoms with Crippen molar-refractivity contribution in [1.29, 1.82) is 0 Å². The van der Waals surface area contributed by atoms with E-state index in [1.807, 2.05) is 35.3 Å². The van der Waals surface area contributed by atoms with Gasteiger partial charge in [-0.2, -0.15) is 5.10 Å². The van der Waals surface area contributed by atoms with E-state index in [9.17, 15) is 4.79 Å². The van der Waals surface area contributed by atoms with Crippen molar-refractivity contribution in [2.24, 2.45) is 0 Å². The molecule has 1 fully saturated rings. The lowest BCUT2D eigenvalue weighted by molar-refractivity contribution is -0.132. The second kappa shape index (κ2) is 5.99. The molecule has 0 aliphatic carbocycles. The summed E-state index contributed by atoms with van der Waals surface area (Å²) >= 11 is 1.67. The highest BCUT2D eigenvalue weighted by molar-refractivity contribution is 7.10. The first-order valence-electron chi connectivity index (χ1n) is 7.27. The van der Waals surface area contributed by atoms with Gasteiger partial charge in [-0.25, -0.2) is 0 Å². The first-order chi connectivity index (χ1) is 10.2. The molecule has 3 rings (SSSR count). The lowest BCUT2D eigenvalue weighted by Gasteiger charge is -2.37. The molecule has 3 heterocycles. The average molecular weight is 304 g/mol. The Morgan fingerprint density at radius 2 is 2.29 bits per heavy atom. The molecule has 2 aromatic heterocycles. The molecule has 6 heteroatoms. The maximum atomic E-state index is 12.9. The zero-order valence-electron chi connectivity index (χ0n) is 12.1. The fourth-order valence-electron chi connectivity index (χ4n) is 2.86. The van der Waals surface area contributed by atoms with Gasteiger partial charge in [0.2, 0.25) is 5.91 Å². The minimum absolute atomic E-state index is 0.0276. The van der Waals surface area contributed by atoms with Crippen molar-refractivity contribution in [3.8, 4) is 0 Å². The van der Waals surface area contributed by atoms with Gasteiger partial charge < -0.3 is 10.6 Å². The highest BCUT2D eigenvalue weighted by Gasteiger charge is 2.42. The Morgan fingerprint density at radius 1 is 1.48 bits per heavy atom. The Bertz CT molecular complexity index is 573. The molecule has 0 radical (unpaired) electrons. The fraction of sp³-hybridized carbons (Fsp3) is 0.467. The molecule has 0 saturated carbocycles. The van der Waals surface area contributed by atoms with Gasteiger partial charge in [0.1, 0.15) is 5.54 Å². The number of hydrogen-bond acceptors (Lipinski definition) is 4. The summed E-state index contributed by atoms with van der Waals surface area (Å²) in [5.74, 6) is 0.0635. The summed E-state index contributed by atoms with van der Waals surface area (Å²) in [7, 11) is 0. The van der Waals surface area contributed by atoms with E-state index in [-0.39, 0.29) is 11.9 Å². The van der Waals surface area contributed by atoms with Gasteiger partial charge in [0.15, 0.2) is 0 Å². The van der Waals surface area contributed by atoms with Gasteiger partial charge in [0, 0.05) is 17.3 Å². The van der Waals surface area contributed by atoms with E-state index in [2.05, 4.69) is 21.8 Å². The van der Waals surface area contributed by atoms with Gasteiger partial charge in [-0.05, 0) is 50.4 Å². The van der Waals surface area contributed by atoms with Crippen molar-refractivity contribution in [3.63, 3.8) is 0 Å². The molecule has 2 N–H and O–H groups in total. The summed E-state index contributed by atoms with van der Waals surface area (Å²) in [4.78, 5) is 14.1. The van der Waals surface area contributed by atoms with Gasteiger partial charge in [-0.1, -0.05) is 6.07 Å². The summed E-state index contributed by atoms with van der Waals surface area (Å²) in [5, 5.41) is 12.8. The van der Waals surface area contributed by atoms with Crippen molar-refractivity contribution in [1.82, 2.24) is 20.4 Å². The number of nitrogens with one attached hydrogen (secondary N) is 2. The standard InChI is InChI=1S/C15H20N4OS/c1-12(13-4-2-11-21-13)18-14(20)15(5-8-16-9-6-15)19-10-3-7-17-19/h2-4,7,10-12,16H,5-6,8-9H2,1H3,(H,18,20). The molecule has 1 saturated heterocycles. The molecule has 2 aromatic rings. The van der Waals surface area contributed by atoms with Crippen LogP contribution in [0.15, 0.2) is 36.0 Å². The van der Waals surface area contributed by atoms with E-state index in [1.54, 1.807) is 17.5 Å². The Morgan fingerprint density at radius 3 is 2.90 bits per heavy atom. The van der Waals surface area contributed by atoms with Crippen molar-refractivity contribution >= 4 is 17.2 Å². The SMILES string of the molecule is CC(NC(=O)C1(n2cccn2)CCNCC1)c1cccs1. The molecule has 1 aliphatic rings. The monoisotopic (exact) mass is 304 g/mol. The zero-order valence-corrected chi connectivity index (χ0v) is 12.9. The third-order valence-corrected chi connectivity index (χ3v) is 5.17. The van der Waals surface area contributed by atoms with Crippen LogP contribution in [0.25, 0.3) is 0 Å². The van der Waals surface area contributed by atoms with Gasteiger partial charge in [0.25, 0.3) is 0 Å². The molecule has 112 valence electrons. The van der Waals surface area contributed by atoms with Crippen LogP contribution in [-0.4, -0.2) is 28.8 Å². The van der Waals surface area contributed by atoms with Crippen LogP contribution >= 0.6 is 11.3 Å². The van der Waals surface area contributed by atoms with Crippen molar-refractivity contribution in [2.45, 2.75) is 31.3 Å². The Hall–Kier alpha value is -1.66. The summed E-state index contributed by atoms with van der Waals surface area (Å²) < 4.78 is 1.82. The summed E-state index contributed by atoms with van der Waals surface area (Å²) in [6.07, 6.45) is 5.15. The highest BCUT2D eigenvalue weighted by Crippen LogP contribution is 2.29. The van der Waals surface area contributed by atoms with Gasteiger partial charge >= 0.3 is 0 Å². The molecule has 1 atom stereocenters. The van der Waals surface area contributed by atoms with Crippen LogP contribution in [0.4, 0.5) is 0 Å². The van der Waals surface area contributed by atoms with Crippen LogP contribution in [0, 0.1) is 0 Å². The molecular formula is C15H20N4OS. The fourth-order valence-corrected chi connectivity index (χ4v) is 3.60. The number of amides is 1. The largest absolute Gasteiger partial charge is 0.347 e. The molecule has 0 bridgehead atoms. The Balaban J connectivity index is 1.82. The number of rotatable bonds is 4. The van der Waals surface area contributed by atoms with Crippen LogP contribution in [0.3, 0.4) is 0 Å². The lowest BCUT2D eigenvalue weighted by Crippen LogP contribution is -2.54. The first-order valence-corrected chi connectivity index (χ1v) is 8.15. The average Bonchev–Trinajstić information content (AvgIpc) is 3.21. The second-order valence-electron chi connectivity index (χ2n) is 5.44. The van der Waals surface area contributed by atoms with Crippen molar-refractivity contribution < 1.29 is 4.79 Å². The topological polar surface area (TPSA) is 59.0 Å². The molecule has 1 aliphatic heterocycles. The predicted octanol–water partition coefficient (Wildman–Crippen LogP) is 1.90. The number of aromatic nitrogens is 2.